The van der Waals surface area contributed by atoms with Gasteiger partial charge in [0.05, 0.1) is 14.2 Å². The van der Waals surface area contributed by atoms with Gasteiger partial charge in [-0.05, 0) is 35.9 Å². The molecule has 1 amide bonds. The lowest BCUT2D eigenvalue weighted by Crippen LogP contribution is -2.26. The second-order valence-corrected chi connectivity index (χ2v) is 5.42. The van der Waals surface area contributed by atoms with Crippen LogP contribution in [0, 0.1) is 0 Å². The van der Waals surface area contributed by atoms with Gasteiger partial charge in [-0.15, -0.1) is 13.2 Å². The van der Waals surface area contributed by atoms with Gasteiger partial charge in [-0.1, -0.05) is 12.1 Å². The van der Waals surface area contributed by atoms with Crippen molar-refractivity contribution < 1.29 is 32.2 Å². The molecule has 8 heteroatoms. The lowest BCUT2D eigenvalue weighted by Gasteiger charge is -2.18. The Bertz CT molecular complexity index is 760. The second kappa shape index (κ2) is 7.99. The summed E-state index contributed by atoms with van der Waals surface area (Å²) in [5, 5.41) is 0. The van der Waals surface area contributed by atoms with Crippen LogP contribution in [0.1, 0.15) is 15.9 Å². The van der Waals surface area contributed by atoms with Crippen molar-refractivity contribution in [3.63, 3.8) is 0 Å². The zero-order valence-corrected chi connectivity index (χ0v) is 14.5. The molecule has 0 fully saturated rings. The number of halogens is 3. The van der Waals surface area contributed by atoms with E-state index in [4.69, 9.17) is 9.47 Å². The first-order chi connectivity index (χ1) is 12.2. The van der Waals surface area contributed by atoms with E-state index in [-0.39, 0.29) is 18.2 Å². The monoisotopic (exact) mass is 369 g/mol. The number of hydrogen-bond acceptors (Lipinski definition) is 4. The van der Waals surface area contributed by atoms with E-state index in [2.05, 4.69) is 4.74 Å². The molecule has 0 atom stereocenters. The average Bonchev–Trinajstić information content (AvgIpc) is 2.60. The molecule has 0 aromatic heterocycles. The van der Waals surface area contributed by atoms with Gasteiger partial charge in [-0.2, -0.15) is 0 Å². The summed E-state index contributed by atoms with van der Waals surface area (Å²) in [6, 6.07) is 10.2. The molecule has 0 heterocycles. The van der Waals surface area contributed by atoms with E-state index in [1.54, 1.807) is 25.2 Å². The molecular weight excluding hydrogens is 351 g/mol. The number of amides is 1. The molecule has 2 aromatic rings. The number of alkyl halides is 3. The Kier molecular flexibility index (Phi) is 5.97. The van der Waals surface area contributed by atoms with Crippen LogP contribution in [0.3, 0.4) is 0 Å². The number of carbonyl (C=O) groups excluding carboxylic acids is 1. The average molecular weight is 369 g/mol. The van der Waals surface area contributed by atoms with Gasteiger partial charge in [0.25, 0.3) is 5.91 Å². The van der Waals surface area contributed by atoms with Gasteiger partial charge in [0.2, 0.25) is 0 Å². The maximum absolute atomic E-state index is 12.5. The summed E-state index contributed by atoms with van der Waals surface area (Å²) in [6.45, 7) is 0.222. The Hall–Kier alpha value is -2.90. The zero-order chi connectivity index (χ0) is 19.3. The van der Waals surface area contributed by atoms with E-state index in [0.29, 0.717) is 22.6 Å². The summed E-state index contributed by atoms with van der Waals surface area (Å²) in [5.41, 5.74) is 1.07. The van der Waals surface area contributed by atoms with Crippen molar-refractivity contribution in [1.29, 1.82) is 0 Å². The number of rotatable bonds is 6. The third kappa shape index (κ3) is 5.05. The molecule has 0 bridgehead atoms. The minimum absolute atomic E-state index is 0.222. The third-order valence-electron chi connectivity index (χ3n) is 3.55. The first kappa shape index (κ1) is 19.4. The summed E-state index contributed by atoms with van der Waals surface area (Å²) >= 11 is 0. The third-order valence-corrected chi connectivity index (χ3v) is 3.55. The van der Waals surface area contributed by atoms with Crippen LogP contribution in [0.4, 0.5) is 13.2 Å². The lowest BCUT2D eigenvalue weighted by atomic mass is 10.1. The molecule has 5 nitrogen and oxygen atoms in total. The summed E-state index contributed by atoms with van der Waals surface area (Å²) in [5.74, 6) is 0.365. The highest BCUT2D eigenvalue weighted by atomic mass is 19.4. The lowest BCUT2D eigenvalue weighted by molar-refractivity contribution is -0.274. The summed E-state index contributed by atoms with van der Waals surface area (Å²) in [4.78, 5) is 14.0. The van der Waals surface area contributed by atoms with Gasteiger partial charge >= 0.3 is 6.36 Å². The largest absolute Gasteiger partial charge is 0.573 e. The van der Waals surface area contributed by atoms with Crippen molar-refractivity contribution in [2.45, 2.75) is 12.9 Å². The van der Waals surface area contributed by atoms with Crippen molar-refractivity contribution in [2.75, 3.05) is 21.3 Å². The van der Waals surface area contributed by atoms with Gasteiger partial charge in [0.15, 0.2) is 11.5 Å². The van der Waals surface area contributed by atoms with Crippen LogP contribution in [0.15, 0.2) is 42.5 Å². The molecule has 2 rings (SSSR count). The first-order valence-electron chi connectivity index (χ1n) is 7.55. The first-order valence-corrected chi connectivity index (χ1v) is 7.55. The number of benzene rings is 2. The number of methoxy groups -OCH3 is 2. The van der Waals surface area contributed by atoms with Crippen LogP contribution < -0.4 is 14.2 Å². The molecule has 0 saturated heterocycles. The molecule has 26 heavy (non-hydrogen) atoms. The molecule has 0 unspecified atom stereocenters. The Labute approximate surface area is 148 Å². The molecule has 0 aliphatic heterocycles. The smallest absolute Gasteiger partial charge is 0.493 e. The Morgan fingerprint density at radius 1 is 1.00 bits per heavy atom. The van der Waals surface area contributed by atoms with E-state index >= 15 is 0 Å². The van der Waals surface area contributed by atoms with Crippen molar-refractivity contribution in [3.05, 3.63) is 53.6 Å². The molecule has 2 aromatic carbocycles. The fourth-order valence-electron chi connectivity index (χ4n) is 2.33. The molecule has 0 aliphatic carbocycles. The number of carbonyl (C=O) groups is 1. The highest BCUT2D eigenvalue weighted by molar-refractivity contribution is 5.94. The second-order valence-electron chi connectivity index (χ2n) is 5.42. The number of nitrogens with zero attached hydrogens (tertiary/aromatic N) is 1. The van der Waals surface area contributed by atoms with Gasteiger partial charge < -0.3 is 19.1 Å². The van der Waals surface area contributed by atoms with E-state index < -0.39 is 6.36 Å². The fourth-order valence-corrected chi connectivity index (χ4v) is 2.33. The molecule has 0 radical (unpaired) electrons. The molecule has 140 valence electrons. The predicted molar refractivity (Wildman–Crippen MR) is 88.5 cm³/mol. The highest BCUT2D eigenvalue weighted by Gasteiger charge is 2.31. The van der Waals surface area contributed by atoms with Crippen LogP contribution in [0.25, 0.3) is 0 Å². The summed E-state index contributed by atoms with van der Waals surface area (Å²) in [7, 11) is 4.57. The Balaban J connectivity index is 2.07. The maximum Gasteiger partial charge on any atom is 0.573 e. The van der Waals surface area contributed by atoms with Crippen LogP contribution in [0.2, 0.25) is 0 Å². The van der Waals surface area contributed by atoms with Gasteiger partial charge in [0, 0.05) is 19.2 Å². The standard InChI is InChI=1S/C18H18F3NO4/c1-22(11-12-4-7-14(8-5-12)26-18(19,20)21)17(23)13-6-9-15(24-2)16(10-13)25-3/h4-10H,11H2,1-3H3. The van der Waals surface area contributed by atoms with E-state index in [0.717, 1.165) is 0 Å². The molecular formula is C18H18F3NO4. The number of ether oxygens (including phenoxy) is 3. The normalized spacial score (nSPS) is 11.0. The summed E-state index contributed by atoms with van der Waals surface area (Å²) in [6.07, 6.45) is -4.73. The van der Waals surface area contributed by atoms with Crippen LogP contribution in [-0.4, -0.2) is 38.4 Å². The van der Waals surface area contributed by atoms with E-state index in [1.807, 2.05) is 0 Å². The fraction of sp³-hybridized carbons (Fsp3) is 0.278. The molecule has 0 saturated carbocycles. The van der Waals surface area contributed by atoms with Crippen molar-refractivity contribution in [1.82, 2.24) is 4.90 Å². The maximum atomic E-state index is 12.5. The van der Waals surface area contributed by atoms with Gasteiger partial charge in [-0.3, -0.25) is 4.79 Å². The molecule has 0 N–H and O–H groups in total. The predicted octanol–water partition coefficient (Wildman–Crippen LogP) is 3.87. The Morgan fingerprint density at radius 2 is 1.62 bits per heavy atom. The van der Waals surface area contributed by atoms with Crippen molar-refractivity contribution in [2.24, 2.45) is 0 Å². The van der Waals surface area contributed by atoms with Crippen LogP contribution in [0.5, 0.6) is 17.2 Å². The molecule has 0 spiro atoms. The van der Waals surface area contributed by atoms with Crippen molar-refractivity contribution >= 4 is 5.91 Å². The van der Waals surface area contributed by atoms with Crippen LogP contribution >= 0.6 is 0 Å². The SMILES string of the molecule is COc1ccc(C(=O)N(C)Cc2ccc(OC(F)(F)F)cc2)cc1OC. The van der Waals surface area contributed by atoms with Crippen molar-refractivity contribution in [3.8, 4) is 17.2 Å². The minimum atomic E-state index is -4.73. The van der Waals surface area contributed by atoms with Gasteiger partial charge in [-0.25, -0.2) is 0 Å². The zero-order valence-electron chi connectivity index (χ0n) is 14.5. The van der Waals surface area contributed by atoms with E-state index in [1.165, 1.54) is 43.4 Å². The Morgan fingerprint density at radius 3 is 2.15 bits per heavy atom. The minimum Gasteiger partial charge on any atom is -0.493 e. The number of hydrogen-bond donors (Lipinski definition) is 0. The molecule has 0 aliphatic rings. The topological polar surface area (TPSA) is 48.0 Å². The summed E-state index contributed by atoms with van der Waals surface area (Å²) < 4.78 is 50.6. The van der Waals surface area contributed by atoms with Crippen LogP contribution in [-0.2, 0) is 6.54 Å². The van der Waals surface area contributed by atoms with Gasteiger partial charge in [0.1, 0.15) is 5.75 Å². The van der Waals surface area contributed by atoms with E-state index in [9.17, 15) is 18.0 Å². The quantitative estimate of drug-likeness (QED) is 0.776. The highest BCUT2D eigenvalue weighted by Crippen LogP contribution is 2.28.